The summed E-state index contributed by atoms with van der Waals surface area (Å²) in [5, 5.41) is 7.61. The average molecular weight is 227 g/mol. The summed E-state index contributed by atoms with van der Waals surface area (Å²) in [7, 11) is 2.01. The molecule has 4 heteroatoms. The summed E-state index contributed by atoms with van der Waals surface area (Å²) >= 11 is 1.53. The van der Waals surface area contributed by atoms with Crippen LogP contribution in [0.25, 0.3) is 0 Å². The molecule has 0 aromatic carbocycles. The zero-order valence-electron chi connectivity index (χ0n) is 10.2. The molecule has 1 aromatic rings. The Bertz CT molecular complexity index is 296. The van der Waals surface area contributed by atoms with E-state index in [0.717, 1.165) is 5.69 Å². The third-order valence-corrected chi connectivity index (χ3v) is 3.72. The standard InChI is InChI=1S/C11H21N3S/c1-6-8(4)10(12-5)11-9(7(2)3)13-14-15-11/h7-8,10,12H,6H2,1-5H3. The van der Waals surface area contributed by atoms with Crippen LogP contribution in [0.3, 0.4) is 0 Å². The number of nitrogens with one attached hydrogen (secondary N) is 1. The van der Waals surface area contributed by atoms with E-state index in [9.17, 15) is 0 Å². The summed E-state index contributed by atoms with van der Waals surface area (Å²) in [6.45, 7) is 8.83. The lowest BCUT2D eigenvalue weighted by Gasteiger charge is -2.22. The van der Waals surface area contributed by atoms with Crippen molar-refractivity contribution < 1.29 is 0 Å². The van der Waals surface area contributed by atoms with Gasteiger partial charge in [0.1, 0.15) is 0 Å². The van der Waals surface area contributed by atoms with Crippen LogP contribution in [-0.4, -0.2) is 16.6 Å². The summed E-state index contributed by atoms with van der Waals surface area (Å²) in [6.07, 6.45) is 1.17. The monoisotopic (exact) mass is 227 g/mol. The minimum absolute atomic E-state index is 0.396. The zero-order chi connectivity index (χ0) is 11.4. The normalized spacial score (nSPS) is 15.6. The summed E-state index contributed by atoms with van der Waals surface area (Å²) in [5.41, 5.74) is 1.15. The van der Waals surface area contributed by atoms with E-state index in [4.69, 9.17) is 0 Å². The minimum Gasteiger partial charge on any atom is -0.312 e. The number of nitrogens with zero attached hydrogens (tertiary/aromatic N) is 2. The van der Waals surface area contributed by atoms with Crippen LogP contribution in [0.15, 0.2) is 0 Å². The topological polar surface area (TPSA) is 37.8 Å². The molecule has 1 aromatic heterocycles. The van der Waals surface area contributed by atoms with Crippen LogP contribution in [0.1, 0.15) is 56.6 Å². The Labute approximate surface area is 96.5 Å². The lowest BCUT2D eigenvalue weighted by Crippen LogP contribution is -2.23. The smallest absolute Gasteiger partial charge is 0.0829 e. The van der Waals surface area contributed by atoms with Crippen molar-refractivity contribution >= 4 is 11.5 Å². The van der Waals surface area contributed by atoms with E-state index < -0.39 is 0 Å². The Morgan fingerprint density at radius 2 is 2.00 bits per heavy atom. The first-order valence-corrected chi connectivity index (χ1v) is 6.38. The van der Waals surface area contributed by atoms with E-state index in [1.54, 1.807) is 0 Å². The second kappa shape index (κ2) is 5.56. The van der Waals surface area contributed by atoms with Gasteiger partial charge in [0.2, 0.25) is 0 Å². The van der Waals surface area contributed by atoms with Gasteiger partial charge >= 0.3 is 0 Å². The van der Waals surface area contributed by atoms with Crippen molar-refractivity contribution in [3.05, 3.63) is 10.6 Å². The maximum absolute atomic E-state index is 4.23. The van der Waals surface area contributed by atoms with Crippen molar-refractivity contribution in [2.45, 2.75) is 46.1 Å². The van der Waals surface area contributed by atoms with Crippen molar-refractivity contribution in [2.75, 3.05) is 7.05 Å². The lowest BCUT2D eigenvalue weighted by atomic mass is 9.95. The van der Waals surface area contributed by atoms with Crippen LogP contribution in [0.2, 0.25) is 0 Å². The van der Waals surface area contributed by atoms with E-state index in [1.165, 1.54) is 22.8 Å². The lowest BCUT2D eigenvalue weighted by molar-refractivity contribution is 0.402. The first kappa shape index (κ1) is 12.6. The Balaban J connectivity index is 2.96. The van der Waals surface area contributed by atoms with Gasteiger partial charge in [0.15, 0.2) is 0 Å². The molecule has 0 aliphatic rings. The van der Waals surface area contributed by atoms with Crippen LogP contribution in [0.5, 0.6) is 0 Å². The molecule has 0 saturated carbocycles. The molecule has 0 aliphatic carbocycles. The van der Waals surface area contributed by atoms with Gasteiger partial charge in [-0.2, -0.15) is 0 Å². The van der Waals surface area contributed by atoms with Crippen LogP contribution >= 0.6 is 11.5 Å². The fraction of sp³-hybridized carbons (Fsp3) is 0.818. The highest BCUT2D eigenvalue weighted by Crippen LogP contribution is 2.31. The highest BCUT2D eigenvalue weighted by atomic mass is 32.1. The summed E-state index contributed by atoms with van der Waals surface area (Å²) in [6, 6.07) is 0.396. The highest BCUT2D eigenvalue weighted by molar-refractivity contribution is 7.05. The number of rotatable bonds is 5. The predicted octanol–water partition coefficient (Wildman–Crippen LogP) is 2.97. The maximum Gasteiger partial charge on any atom is 0.0829 e. The second-order valence-corrected chi connectivity index (χ2v) is 5.11. The van der Waals surface area contributed by atoms with Gasteiger partial charge < -0.3 is 5.32 Å². The van der Waals surface area contributed by atoms with Crippen LogP contribution in [-0.2, 0) is 0 Å². The average Bonchev–Trinajstić information content (AvgIpc) is 2.67. The molecule has 0 radical (unpaired) electrons. The molecule has 3 nitrogen and oxygen atoms in total. The van der Waals surface area contributed by atoms with Gasteiger partial charge in [0, 0.05) is 6.04 Å². The second-order valence-electron chi connectivity index (χ2n) is 4.33. The molecule has 86 valence electrons. The maximum atomic E-state index is 4.23. The molecule has 1 N–H and O–H groups in total. The molecule has 0 aliphatic heterocycles. The fourth-order valence-corrected chi connectivity index (χ4v) is 2.78. The van der Waals surface area contributed by atoms with Crippen molar-refractivity contribution in [1.82, 2.24) is 14.9 Å². The molecule has 15 heavy (non-hydrogen) atoms. The van der Waals surface area contributed by atoms with Gasteiger partial charge in [-0.15, -0.1) is 5.10 Å². The van der Waals surface area contributed by atoms with Crippen LogP contribution < -0.4 is 5.32 Å². The van der Waals surface area contributed by atoms with E-state index in [2.05, 4.69) is 42.6 Å². The first-order chi connectivity index (χ1) is 7.11. The molecule has 0 spiro atoms. The van der Waals surface area contributed by atoms with Crippen molar-refractivity contribution in [3.8, 4) is 0 Å². The SMILES string of the molecule is CCC(C)C(NC)c1snnc1C(C)C. The highest BCUT2D eigenvalue weighted by Gasteiger charge is 2.23. The molecule has 0 saturated heterocycles. The third kappa shape index (κ3) is 2.75. The molecular formula is C11H21N3S. The fourth-order valence-electron chi connectivity index (χ4n) is 1.73. The third-order valence-electron chi connectivity index (χ3n) is 2.89. The molecule has 0 bridgehead atoms. The van der Waals surface area contributed by atoms with E-state index in [0.29, 0.717) is 17.9 Å². The summed E-state index contributed by atoms with van der Waals surface area (Å²) < 4.78 is 4.08. The Morgan fingerprint density at radius 3 is 2.47 bits per heavy atom. The molecule has 0 amide bonds. The van der Waals surface area contributed by atoms with Crippen LogP contribution in [0, 0.1) is 5.92 Å². The molecule has 0 fully saturated rings. The quantitative estimate of drug-likeness (QED) is 0.840. The largest absolute Gasteiger partial charge is 0.312 e. The van der Waals surface area contributed by atoms with E-state index in [1.807, 2.05) is 7.05 Å². The van der Waals surface area contributed by atoms with Crippen molar-refractivity contribution in [1.29, 1.82) is 0 Å². The van der Waals surface area contributed by atoms with Gasteiger partial charge in [-0.05, 0) is 30.4 Å². The van der Waals surface area contributed by atoms with E-state index in [-0.39, 0.29) is 0 Å². The van der Waals surface area contributed by atoms with Crippen molar-refractivity contribution in [3.63, 3.8) is 0 Å². The van der Waals surface area contributed by atoms with Gasteiger partial charge in [-0.25, -0.2) is 0 Å². The van der Waals surface area contributed by atoms with Crippen LogP contribution in [0.4, 0.5) is 0 Å². The van der Waals surface area contributed by atoms with Crippen molar-refractivity contribution in [2.24, 2.45) is 5.92 Å². The summed E-state index contributed by atoms with van der Waals surface area (Å²) in [4.78, 5) is 1.31. The Morgan fingerprint density at radius 1 is 1.33 bits per heavy atom. The number of hydrogen-bond donors (Lipinski definition) is 1. The number of hydrogen-bond acceptors (Lipinski definition) is 4. The number of aromatic nitrogens is 2. The molecule has 2 unspecified atom stereocenters. The minimum atomic E-state index is 0.396. The molecule has 1 rings (SSSR count). The Kier molecular flexibility index (Phi) is 4.67. The van der Waals surface area contributed by atoms with Gasteiger partial charge in [-0.1, -0.05) is 38.6 Å². The molecular weight excluding hydrogens is 206 g/mol. The molecule has 1 heterocycles. The summed E-state index contributed by atoms with van der Waals surface area (Å²) in [5.74, 6) is 1.08. The Hall–Kier alpha value is -0.480. The molecule has 2 atom stereocenters. The zero-order valence-corrected chi connectivity index (χ0v) is 11.1. The first-order valence-electron chi connectivity index (χ1n) is 5.61. The van der Waals surface area contributed by atoms with Gasteiger partial charge in [-0.3, -0.25) is 0 Å². The predicted molar refractivity (Wildman–Crippen MR) is 65.3 cm³/mol. The van der Waals surface area contributed by atoms with E-state index >= 15 is 0 Å². The van der Waals surface area contributed by atoms with Gasteiger partial charge in [0.25, 0.3) is 0 Å². The van der Waals surface area contributed by atoms with Gasteiger partial charge in [0.05, 0.1) is 10.6 Å².